The van der Waals surface area contributed by atoms with Crippen molar-refractivity contribution < 1.29 is 4.42 Å². The van der Waals surface area contributed by atoms with E-state index in [4.69, 9.17) is 17.6 Å². The van der Waals surface area contributed by atoms with Crippen molar-refractivity contribution in [2.75, 3.05) is 25.0 Å². The molecule has 1 aromatic carbocycles. The van der Waals surface area contributed by atoms with Crippen LogP contribution in [0.4, 0.5) is 5.00 Å². The summed E-state index contributed by atoms with van der Waals surface area (Å²) in [5.74, 6) is 0.385. The van der Waals surface area contributed by atoms with Gasteiger partial charge in [0, 0.05) is 21.7 Å². The Bertz CT molecular complexity index is 1480. The number of aromatic nitrogens is 1. The molecular weight excluding hydrogens is 465 g/mol. The lowest BCUT2D eigenvalue weighted by Crippen LogP contribution is -2.59. The minimum absolute atomic E-state index is 0.385. The van der Waals surface area contributed by atoms with Crippen LogP contribution < -0.4 is 15.3 Å². The number of oxazole rings is 1. The van der Waals surface area contributed by atoms with E-state index in [1.54, 1.807) is 21.7 Å². The average Bonchev–Trinajstić information content (AvgIpc) is 3.54. The van der Waals surface area contributed by atoms with Gasteiger partial charge in [0.15, 0.2) is 5.58 Å². The van der Waals surface area contributed by atoms with Gasteiger partial charge in [0.05, 0.1) is 18.1 Å². The minimum Gasteiger partial charge on any atom is -0.447 e. The Morgan fingerprint density at radius 3 is 2.70 bits per heavy atom. The molecule has 1 fully saturated rings. The van der Waals surface area contributed by atoms with E-state index in [1.165, 1.54) is 33.3 Å². The van der Waals surface area contributed by atoms with Gasteiger partial charge in [0.2, 0.25) is 18.1 Å². The number of anilines is 1. The lowest BCUT2D eigenvalue weighted by Gasteiger charge is -2.37. The predicted octanol–water partition coefficient (Wildman–Crippen LogP) is 5.67. The number of fused-ring (bicyclic) bond motifs is 6. The zero-order valence-electron chi connectivity index (χ0n) is 18.1. The third-order valence-electron chi connectivity index (χ3n) is 6.75. The molecule has 0 bridgehead atoms. The number of thiophene rings is 2. The summed E-state index contributed by atoms with van der Waals surface area (Å²) in [6.07, 6.45) is 3.25. The fourth-order valence-corrected chi connectivity index (χ4v) is 13.3. The first-order chi connectivity index (χ1) is 16.1. The summed E-state index contributed by atoms with van der Waals surface area (Å²) < 4.78 is 5.86. The van der Waals surface area contributed by atoms with Crippen molar-refractivity contribution in [2.24, 2.45) is 0 Å². The first-order valence-electron chi connectivity index (χ1n) is 10.9. The second-order valence-electron chi connectivity index (χ2n) is 8.59. The molecule has 1 saturated heterocycles. The Kier molecular flexibility index (Phi) is 4.77. The van der Waals surface area contributed by atoms with E-state index < -0.39 is 8.07 Å². The SMILES string of the molecule is [C-]#[N+]CCN(C)c1cc2c(s1)-c1sc(/C=C(\[N+]#[C-])c3nc4ccccc4o3)cc1[Si]21CCC1. The summed E-state index contributed by atoms with van der Waals surface area (Å²) >= 11 is 3.66. The molecule has 0 aliphatic carbocycles. The largest absolute Gasteiger partial charge is 0.447 e. The highest BCUT2D eigenvalue weighted by Gasteiger charge is 2.52. The van der Waals surface area contributed by atoms with E-state index >= 15 is 0 Å². The summed E-state index contributed by atoms with van der Waals surface area (Å²) in [6.45, 7) is 16.1. The molecule has 0 unspecified atom stereocenters. The maximum absolute atomic E-state index is 7.73. The standard InChI is InChI=1S/C25H20N4OS2Si/c1-26-9-10-29(3)22-15-21-24(32-22)23-20(33(21)11-6-12-33)14-16(31-23)13-18(27-2)25-28-17-7-4-5-8-19(17)30-25/h4-5,7-8,13-15H,6,9-12H2,3H3/b18-13-. The Hall–Kier alpha value is -3.17. The summed E-state index contributed by atoms with van der Waals surface area (Å²) in [7, 11) is 0.455. The number of likely N-dealkylation sites (N-methyl/N-ethyl adjacent to an activating group) is 1. The van der Waals surface area contributed by atoms with E-state index in [1.807, 2.05) is 41.7 Å². The molecule has 1 spiro atoms. The highest BCUT2D eigenvalue weighted by Crippen LogP contribution is 2.48. The van der Waals surface area contributed by atoms with Gasteiger partial charge in [-0.05, 0) is 52.8 Å². The van der Waals surface area contributed by atoms with Crippen LogP contribution in [-0.4, -0.2) is 33.2 Å². The van der Waals surface area contributed by atoms with Crippen LogP contribution in [0.25, 0.3) is 42.3 Å². The summed E-state index contributed by atoms with van der Waals surface area (Å²) in [5.41, 5.74) is 1.92. The number of hydrogen-bond acceptors (Lipinski definition) is 5. The summed E-state index contributed by atoms with van der Waals surface area (Å²) in [5, 5.41) is 4.43. The molecule has 4 aromatic rings. The zero-order valence-corrected chi connectivity index (χ0v) is 20.7. The van der Waals surface area contributed by atoms with Crippen LogP contribution in [-0.2, 0) is 0 Å². The Morgan fingerprint density at radius 1 is 1.18 bits per heavy atom. The molecule has 3 aromatic heterocycles. The normalized spacial score (nSPS) is 15.7. The van der Waals surface area contributed by atoms with Gasteiger partial charge in [0.25, 0.3) is 0 Å². The Labute approximate surface area is 201 Å². The van der Waals surface area contributed by atoms with E-state index in [0.717, 1.165) is 16.9 Å². The number of rotatable bonds is 5. The van der Waals surface area contributed by atoms with Crippen molar-refractivity contribution in [3.63, 3.8) is 0 Å². The van der Waals surface area contributed by atoms with Gasteiger partial charge >= 0.3 is 0 Å². The molecule has 33 heavy (non-hydrogen) atoms. The molecule has 2 aliphatic heterocycles. The molecule has 6 rings (SSSR count). The molecule has 2 aliphatic rings. The van der Waals surface area contributed by atoms with Gasteiger partial charge in [-0.25, -0.2) is 16.4 Å². The Morgan fingerprint density at radius 2 is 1.97 bits per heavy atom. The highest BCUT2D eigenvalue weighted by molar-refractivity contribution is 7.31. The molecule has 0 radical (unpaired) electrons. The van der Waals surface area contributed by atoms with Crippen molar-refractivity contribution in [1.29, 1.82) is 0 Å². The van der Waals surface area contributed by atoms with Gasteiger partial charge in [0.1, 0.15) is 13.6 Å². The topological polar surface area (TPSA) is 38.0 Å². The van der Waals surface area contributed by atoms with Crippen LogP contribution in [0.1, 0.15) is 17.2 Å². The van der Waals surface area contributed by atoms with Crippen molar-refractivity contribution in [3.05, 3.63) is 70.0 Å². The average molecular weight is 485 g/mol. The predicted molar refractivity (Wildman–Crippen MR) is 140 cm³/mol. The van der Waals surface area contributed by atoms with Crippen LogP contribution in [0.15, 0.2) is 40.8 Å². The summed E-state index contributed by atoms with van der Waals surface area (Å²) in [4.78, 5) is 17.9. The maximum atomic E-state index is 7.73. The number of benzene rings is 1. The van der Waals surface area contributed by atoms with Gasteiger partial charge in [-0.15, -0.1) is 22.7 Å². The van der Waals surface area contributed by atoms with Crippen LogP contribution in [0.2, 0.25) is 12.1 Å². The second kappa shape index (κ2) is 7.70. The first kappa shape index (κ1) is 20.4. The van der Waals surface area contributed by atoms with Crippen LogP contribution >= 0.6 is 22.7 Å². The van der Waals surface area contributed by atoms with Gasteiger partial charge in [-0.2, -0.15) is 0 Å². The van der Waals surface area contributed by atoms with Crippen LogP contribution in [0.3, 0.4) is 0 Å². The molecule has 0 amide bonds. The fraction of sp³-hybridized carbons (Fsp3) is 0.240. The van der Waals surface area contributed by atoms with E-state index in [2.05, 4.69) is 38.8 Å². The van der Waals surface area contributed by atoms with Gasteiger partial charge < -0.3 is 14.2 Å². The van der Waals surface area contributed by atoms with Crippen molar-refractivity contribution in [2.45, 2.75) is 18.5 Å². The van der Waals surface area contributed by atoms with E-state index in [-0.39, 0.29) is 0 Å². The van der Waals surface area contributed by atoms with E-state index in [0.29, 0.717) is 23.7 Å². The lowest BCUT2D eigenvalue weighted by molar-refractivity contribution is 0.586. The molecule has 162 valence electrons. The molecule has 0 atom stereocenters. The fourth-order valence-electron chi connectivity index (χ4n) is 4.88. The molecule has 5 nitrogen and oxygen atoms in total. The lowest BCUT2D eigenvalue weighted by atomic mass is 10.3. The van der Waals surface area contributed by atoms with E-state index in [9.17, 15) is 0 Å². The third-order valence-corrected chi connectivity index (χ3v) is 14.9. The molecule has 0 N–H and O–H groups in total. The third kappa shape index (κ3) is 3.10. The highest BCUT2D eigenvalue weighted by atomic mass is 32.1. The molecule has 5 heterocycles. The molecular formula is C25H20N4OS2Si. The summed E-state index contributed by atoms with van der Waals surface area (Å²) in [6, 6.07) is 15.0. The zero-order chi connectivity index (χ0) is 22.6. The smallest absolute Gasteiger partial charge is 0.249 e. The van der Waals surface area contributed by atoms with Crippen molar-refractivity contribution in [1.82, 2.24) is 4.98 Å². The van der Waals surface area contributed by atoms with Gasteiger partial charge in [-0.3, -0.25) is 0 Å². The maximum Gasteiger partial charge on any atom is 0.249 e. The molecule has 8 heteroatoms. The number of hydrogen-bond donors (Lipinski definition) is 0. The number of nitrogens with zero attached hydrogens (tertiary/aromatic N) is 4. The monoisotopic (exact) mass is 484 g/mol. The second-order valence-corrected chi connectivity index (χ2v) is 14.9. The minimum atomic E-state index is -1.64. The Balaban J connectivity index is 1.40. The van der Waals surface area contributed by atoms with Crippen LogP contribution in [0, 0.1) is 13.1 Å². The number of para-hydroxylation sites is 2. The van der Waals surface area contributed by atoms with Crippen molar-refractivity contribution in [3.8, 4) is 9.75 Å². The van der Waals surface area contributed by atoms with Gasteiger partial charge in [-0.1, -0.05) is 18.6 Å². The molecule has 0 saturated carbocycles. The quantitative estimate of drug-likeness (QED) is 0.271. The van der Waals surface area contributed by atoms with Crippen molar-refractivity contribution >= 4 is 69.0 Å². The first-order valence-corrected chi connectivity index (χ1v) is 15.0. The van der Waals surface area contributed by atoms with Crippen LogP contribution in [0.5, 0.6) is 0 Å².